The Hall–Kier alpha value is -2.07. The Morgan fingerprint density at radius 1 is 1.33 bits per heavy atom. The molecule has 0 unspecified atom stereocenters. The van der Waals surface area contributed by atoms with E-state index < -0.39 is 5.97 Å². The van der Waals surface area contributed by atoms with Crippen molar-refractivity contribution >= 4 is 17.6 Å². The topological polar surface area (TPSA) is 59.4 Å². The summed E-state index contributed by atoms with van der Waals surface area (Å²) >= 11 is 6.06. The third-order valence-electron chi connectivity index (χ3n) is 2.41. The third-order valence-corrected chi connectivity index (χ3v) is 2.70. The molecular formula is C13H10ClNO3. The van der Waals surface area contributed by atoms with Gasteiger partial charge in [-0.2, -0.15) is 0 Å². The number of hydrogen-bond donors (Lipinski definition) is 1. The van der Waals surface area contributed by atoms with Gasteiger partial charge in [0, 0.05) is 5.56 Å². The molecule has 0 amide bonds. The van der Waals surface area contributed by atoms with Crippen LogP contribution in [-0.2, 0) is 0 Å². The standard InChI is InChI=1S/C13H10ClNO3/c1-18-12-9(13(16)17)7-10(14)11(15-12)8-5-3-2-4-6-8/h2-7H,1H3,(H,16,17). The highest BCUT2D eigenvalue weighted by molar-refractivity contribution is 6.33. The molecule has 0 saturated heterocycles. The van der Waals surface area contributed by atoms with Gasteiger partial charge in [-0.3, -0.25) is 0 Å². The van der Waals surface area contributed by atoms with Crippen LogP contribution in [0.3, 0.4) is 0 Å². The number of aromatic nitrogens is 1. The minimum atomic E-state index is -1.12. The molecule has 0 aliphatic carbocycles. The Labute approximate surface area is 109 Å². The summed E-state index contributed by atoms with van der Waals surface area (Å²) in [5, 5.41) is 9.28. The van der Waals surface area contributed by atoms with Crippen LogP contribution in [0.1, 0.15) is 10.4 Å². The van der Waals surface area contributed by atoms with Crippen LogP contribution in [0.4, 0.5) is 0 Å². The van der Waals surface area contributed by atoms with Gasteiger partial charge in [0.2, 0.25) is 5.88 Å². The first-order chi connectivity index (χ1) is 8.63. The van der Waals surface area contributed by atoms with E-state index in [9.17, 15) is 4.79 Å². The Morgan fingerprint density at radius 3 is 2.56 bits per heavy atom. The van der Waals surface area contributed by atoms with Crippen molar-refractivity contribution in [3.05, 3.63) is 47.0 Å². The number of methoxy groups -OCH3 is 1. The average molecular weight is 264 g/mol. The number of pyridine rings is 1. The van der Waals surface area contributed by atoms with Crippen molar-refractivity contribution in [2.75, 3.05) is 7.11 Å². The number of carboxylic acid groups (broad SMARTS) is 1. The minimum Gasteiger partial charge on any atom is -0.480 e. The quantitative estimate of drug-likeness (QED) is 0.924. The van der Waals surface area contributed by atoms with Crippen LogP contribution in [-0.4, -0.2) is 23.2 Å². The van der Waals surface area contributed by atoms with Gasteiger partial charge in [0.15, 0.2) is 0 Å². The second-order valence-corrected chi connectivity index (χ2v) is 3.95. The lowest BCUT2D eigenvalue weighted by Gasteiger charge is -2.09. The molecule has 2 rings (SSSR count). The lowest BCUT2D eigenvalue weighted by atomic mass is 10.1. The normalized spacial score (nSPS) is 10.1. The first-order valence-electron chi connectivity index (χ1n) is 5.16. The molecule has 0 radical (unpaired) electrons. The van der Waals surface area contributed by atoms with Gasteiger partial charge in [0.05, 0.1) is 17.8 Å². The largest absolute Gasteiger partial charge is 0.480 e. The zero-order chi connectivity index (χ0) is 13.1. The van der Waals surface area contributed by atoms with E-state index in [2.05, 4.69) is 4.98 Å². The highest BCUT2D eigenvalue weighted by Gasteiger charge is 2.17. The van der Waals surface area contributed by atoms with Crippen LogP contribution in [0.2, 0.25) is 5.02 Å². The molecule has 0 aliphatic rings. The van der Waals surface area contributed by atoms with E-state index in [-0.39, 0.29) is 16.5 Å². The number of halogens is 1. The van der Waals surface area contributed by atoms with Crippen LogP contribution in [0.5, 0.6) is 5.88 Å². The number of carbonyl (C=O) groups is 1. The number of nitrogens with zero attached hydrogens (tertiary/aromatic N) is 1. The first kappa shape index (κ1) is 12.4. The molecular weight excluding hydrogens is 254 g/mol. The SMILES string of the molecule is COc1nc(-c2ccccc2)c(Cl)cc1C(=O)O. The summed E-state index contributed by atoms with van der Waals surface area (Å²) in [5.41, 5.74) is 1.25. The fraction of sp³-hybridized carbons (Fsp3) is 0.0769. The smallest absolute Gasteiger partial charge is 0.341 e. The van der Waals surface area contributed by atoms with Gasteiger partial charge in [-0.15, -0.1) is 0 Å². The summed E-state index contributed by atoms with van der Waals surface area (Å²) in [7, 11) is 1.37. The monoisotopic (exact) mass is 263 g/mol. The maximum atomic E-state index is 11.0. The Kier molecular flexibility index (Phi) is 3.48. The molecule has 4 nitrogen and oxygen atoms in total. The third kappa shape index (κ3) is 2.28. The van der Waals surface area contributed by atoms with Gasteiger partial charge in [0.25, 0.3) is 0 Å². The van der Waals surface area contributed by atoms with Gasteiger partial charge in [0.1, 0.15) is 5.56 Å². The number of ether oxygens (including phenoxy) is 1. The summed E-state index contributed by atoms with van der Waals surface area (Å²) in [6.45, 7) is 0. The van der Waals surface area contributed by atoms with Gasteiger partial charge < -0.3 is 9.84 Å². The molecule has 2 aromatic rings. The second kappa shape index (κ2) is 5.06. The fourth-order valence-electron chi connectivity index (χ4n) is 1.58. The zero-order valence-electron chi connectivity index (χ0n) is 9.55. The van der Waals surface area contributed by atoms with Crippen LogP contribution in [0.15, 0.2) is 36.4 Å². The van der Waals surface area contributed by atoms with Gasteiger partial charge in [-0.25, -0.2) is 9.78 Å². The van der Waals surface area contributed by atoms with E-state index in [1.54, 1.807) is 0 Å². The highest BCUT2D eigenvalue weighted by atomic mass is 35.5. The lowest BCUT2D eigenvalue weighted by Crippen LogP contribution is -2.03. The maximum absolute atomic E-state index is 11.0. The molecule has 0 atom stereocenters. The van der Waals surface area contributed by atoms with Crippen molar-refractivity contribution in [1.82, 2.24) is 4.98 Å². The molecule has 1 aromatic heterocycles. The molecule has 0 saturated carbocycles. The van der Waals surface area contributed by atoms with Crippen LogP contribution < -0.4 is 4.74 Å². The highest BCUT2D eigenvalue weighted by Crippen LogP contribution is 2.30. The van der Waals surface area contributed by atoms with Crippen LogP contribution in [0, 0.1) is 0 Å². The minimum absolute atomic E-state index is 0.0470. The van der Waals surface area contributed by atoms with Crippen molar-refractivity contribution < 1.29 is 14.6 Å². The van der Waals surface area contributed by atoms with Crippen LogP contribution in [0.25, 0.3) is 11.3 Å². The summed E-state index contributed by atoms with van der Waals surface area (Å²) in [4.78, 5) is 15.1. The molecule has 92 valence electrons. The van der Waals surface area contributed by atoms with E-state index in [1.165, 1.54) is 13.2 Å². The number of carboxylic acids is 1. The predicted octanol–water partition coefficient (Wildman–Crippen LogP) is 3.11. The molecule has 0 spiro atoms. The number of hydrogen-bond acceptors (Lipinski definition) is 3. The number of benzene rings is 1. The zero-order valence-corrected chi connectivity index (χ0v) is 10.3. The van der Waals surface area contributed by atoms with E-state index in [0.29, 0.717) is 5.69 Å². The number of rotatable bonds is 3. The Balaban J connectivity index is 2.61. The van der Waals surface area contributed by atoms with Crippen molar-refractivity contribution in [2.24, 2.45) is 0 Å². The van der Waals surface area contributed by atoms with Crippen molar-refractivity contribution in [3.8, 4) is 17.1 Å². The summed E-state index contributed by atoms with van der Waals surface area (Å²) in [6, 6.07) is 10.6. The molecule has 18 heavy (non-hydrogen) atoms. The summed E-state index contributed by atoms with van der Waals surface area (Å²) in [6.07, 6.45) is 0. The average Bonchev–Trinajstić information content (AvgIpc) is 2.39. The molecule has 1 aromatic carbocycles. The van der Waals surface area contributed by atoms with E-state index >= 15 is 0 Å². The molecule has 1 heterocycles. The lowest BCUT2D eigenvalue weighted by molar-refractivity contribution is 0.0692. The van der Waals surface area contributed by atoms with Crippen LogP contribution >= 0.6 is 11.6 Å². The van der Waals surface area contributed by atoms with E-state index in [1.807, 2.05) is 30.3 Å². The summed E-state index contributed by atoms with van der Waals surface area (Å²) < 4.78 is 4.97. The van der Waals surface area contributed by atoms with Crippen molar-refractivity contribution in [2.45, 2.75) is 0 Å². The first-order valence-corrected chi connectivity index (χ1v) is 5.54. The molecule has 0 aliphatic heterocycles. The second-order valence-electron chi connectivity index (χ2n) is 3.55. The number of aromatic carboxylic acids is 1. The van der Waals surface area contributed by atoms with Gasteiger partial charge >= 0.3 is 5.97 Å². The fourth-order valence-corrected chi connectivity index (χ4v) is 1.84. The van der Waals surface area contributed by atoms with Gasteiger partial charge in [-0.05, 0) is 6.07 Å². The van der Waals surface area contributed by atoms with Crippen molar-refractivity contribution in [3.63, 3.8) is 0 Å². The van der Waals surface area contributed by atoms with E-state index in [4.69, 9.17) is 21.4 Å². The maximum Gasteiger partial charge on any atom is 0.341 e. The van der Waals surface area contributed by atoms with Gasteiger partial charge in [-0.1, -0.05) is 41.9 Å². The molecule has 0 bridgehead atoms. The van der Waals surface area contributed by atoms with Crippen molar-refractivity contribution in [1.29, 1.82) is 0 Å². The summed E-state index contributed by atoms with van der Waals surface area (Å²) in [5.74, 6) is -1.08. The Morgan fingerprint density at radius 2 is 2.00 bits per heavy atom. The van der Waals surface area contributed by atoms with E-state index in [0.717, 1.165) is 5.56 Å². The molecule has 1 N–H and O–H groups in total. The molecule has 5 heteroatoms. The predicted molar refractivity (Wildman–Crippen MR) is 68.2 cm³/mol. The molecule has 0 fully saturated rings. The Bertz CT molecular complexity index is 584.